The van der Waals surface area contributed by atoms with Gasteiger partial charge < -0.3 is 18.5 Å². The third kappa shape index (κ3) is 4.96. The first-order valence-corrected chi connectivity index (χ1v) is 9.66. The molecule has 10 heteroatoms. The van der Waals surface area contributed by atoms with Crippen molar-refractivity contribution in [2.45, 2.75) is 5.85 Å². The van der Waals surface area contributed by atoms with Crippen LogP contribution in [-0.4, -0.2) is 31.8 Å². The van der Waals surface area contributed by atoms with Crippen LogP contribution >= 0.6 is 30.8 Å². The van der Waals surface area contributed by atoms with E-state index >= 15 is 0 Å². The zero-order chi connectivity index (χ0) is 19.2. The van der Waals surface area contributed by atoms with Crippen molar-refractivity contribution in [3.8, 4) is 5.75 Å². The predicted molar refractivity (Wildman–Crippen MR) is 96.7 cm³/mol. The number of nitrogens with zero attached hydrogens (tertiary/aromatic N) is 1. The normalized spacial score (nSPS) is 12.5. The maximum absolute atomic E-state index is 12.7. The summed E-state index contributed by atoms with van der Waals surface area (Å²) in [5.41, 5.74) is 0.216. The van der Waals surface area contributed by atoms with E-state index in [1.165, 1.54) is 26.5 Å². The lowest BCUT2D eigenvalue weighted by molar-refractivity contribution is -0.149. The Morgan fingerprint density at radius 2 is 1.88 bits per heavy atom. The second kappa shape index (κ2) is 9.35. The lowest BCUT2D eigenvalue weighted by Crippen LogP contribution is -2.20. The van der Waals surface area contributed by atoms with Crippen LogP contribution in [0.4, 0.5) is 0 Å². The standard InChI is InChI=1S/C16H16Cl2NO6P/c1-22-26(21,23-2)16(12-7-3-4-9-19-12)25-14(20)10-24-13-8-5-6-11(17)15(13)18/h3-9,16H,10H2,1-2H3. The Kier molecular flexibility index (Phi) is 7.43. The van der Waals surface area contributed by atoms with E-state index in [0.717, 1.165) is 0 Å². The van der Waals surface area contributed by atoms with Crippen LogP contribution in [0.2, 0.25) is 10.0 Å². The average molecular weight is 420 g/mol. The summed E-state index contributed by atoms with van der Waals surface area (Å²) >= 11 is 11.9. The van der Waals surface area contributed by atoms with Crippen molar-refractivity contribution < 1.29 is 27.9 Å². The quantitative estimate of drug-likeness (QED) is 0.460. The Hall–Kier alpha value is -1.63. The van der Waals surface area contributed by atoms with Crippen LogP contribution in [0.25, 0.3) is 0 Å². The van der Waals surface area contributed by atoms with Crippen molar-refractivity contribution in [2.24, 2.45) is 0 Å². The number of halogens is 2. The average Bonchev–Trinajstić information content (AvgIpc) is 2.67. The van der Waals surface area contributed by atoms with Gasteiger partial charge in [0.05, 0.1) is 10.7 Å². The Labute approximate surface area is 160 Å². The molecule has 7 nitrogen and oxygen atoms in total. The number of hydrogen-bond acceptors (Lipinski definition) is 7. The van der Waals surface area contributed by atoms with Gasteiger partial charge in [-0.05, 0) is 24.3 Å². The summed E-state index contributed by atoms with van der Waals surface area (Å²) in [7, 11) is -1.41. The zero-order valence-corrected chi connectivity index (χ0v) is 16.3. The Morgan fingerprint density at radius 3 is 2.50 bits per heavy atom. The van der Waals surface area contributed by atoms with Gasteiger partial charge in [0, 0.05) is 20.4 Å². The number of esters is 1. The molecule has 1 aromatic heterocycles. The minimum Gasteiger partial charge on any atom is -0.480 e. The number of rotatable bonds is 8. The molecule has 26 heavy (non-hydrogen) atoms. The van der Waals surface area contributed by atoms with Crippen molar-refractivity contribution in [3.05, 3.63) is 58.3 Å². The van der Waals surface area contributed by atoms with Gasteiger partial charge in [-0.15, -0.1) is 0 Å². The Balaban J connectivity index is 2.14. The molecule has 1 unspecified atom stereocenters. The summed E-state index contributed by atoms with van der Waals surface area (Å²) in [6, 6.07) is 9.61. The molecule has 1 heterocycles. The molecule has 0 fully saturated rings. The van der Waals surface area contributed by atoms with Gasteiger partial charge >= 0.3 is 13.6 Å². The van der Waals surface area contributed by atoms with E-state index in [1.54, 1.807) is 30.3 Å². The van der Waals surface area contributed by atoms with Crippen LogP contribution in [0.15, 0.2) is 42.6 Å². The molecule has 140 valence electrons. The van der Waals surface area contributed by atoms with Gasteiger partial charge in [-0.3, -0.25) is 9.55 Å². The molecular formula is C16H16Cl2NO6P. The largest absolute Gasteiger partial charge is 0.480 e. The van der Waals surface area contributed by atoms with Crippen LogP contribution < -0.4 is 4.74 Å². The fourth-order valence-corrected chi connectivity index (χ4v) is 3.57. The number of benzene rings is 1. The molecule has 0 N–H and O–H groups in total. The van der Waals surface area contributed by atoms with E-state index in [2.05, 4.69) is 4.98 Å². The van der Waals surface area contributed by atoms with Gasteiger partial charge in [-0.25, -0.2) is 4.79 Å². The van der Waals surface area contributed by atoms with E-state index in [9.17, 15) is 9.36 Å². The summed E-state index contributed by atoms with van der Waals surface area (Å²) in [6.07, 6.45) is 1.47. The summed E-state index contributed by atoms with van der Waals surface area (Å²) in [4.78, 5) is 16.2. The SMILES string of the molecule is COP(=O)(OC)C(OC(=O)COc1cccc(Cl)c1Cl)c1ccccn1. The first kappa shape index (κ1) is 20.7. The molecule has 0 aliphatic heterocycles. The highest BCUT2D eigenvalue weighted by Gasteiger charge is 2.40. The van der Waals surface area contributed by atoms with Crippen LogP contribution in [0.1, 0.15) is 11.5 Å². The van der Waals surface area contributed by atoms with Gasteiger partial charge in [-0.2, -0.15) is 0 Å². The first-order valence-electron chi connectivity index (χ1n) is 7.29. The van der Waals surface area contributed by atoms with Crippen molar-refractivity contribution in [1.82, 2.24) is 4.98 Å². The Bertz CT molecular complexity index is 797. The molecule has 0 saturated heterocycles. The number of ether oxygens (including phenoxy) is 2. The third-order valence-electron chi connectivity index (χ3n) is 3.24. The summed E-state index contributed by atoms with van der Waals surface area (Å²) in [6.45, 7) is -0.489. The van der Waals surface area contributed by atoms with Crippen molar-refractivity contribution in [2.75, 3.05) is 20.8 Å². The van der Waals surface area contributed by atoms with E-state index in [-0.39, 0.29) is 21.5 Å². The van der Waals surface area contributed by atoms with Crippen LogP contribution in [-0.2, 0) is 23.1 Å². The number of hydrogen-bond donors (Lipinski definition) is 0. The monoisotopic (exact) mass is 419 g/mol. The highest BCUT2D eigenvalue weighted by Crippen LogP contribution is 2.60. The van der Waals surface area contributed by atoms with Crippen molar-refractivity contribution >= 4 is 36.8 Å². The van der Waals surface area contributed by atoms with E-state index in [0.29, 0.717) is 0 Å². The smallest absolute Gasteiger partial charge is 0.376 e. The topological polar surface area (TPSA) is 84.0 Å². The van der Waals surface area contributed by atoms with Gasteiger partial charge in [0.2, 0.25) is 5.85 Å². The molecule has 1 aromatic carbocycles. The highest BCUT2D eigenvalue weighted by molar-refractivity contribution is 7.54. The van der Waals surface area contributed by atoms with E-state index < -0.39 is 26.0 Å². The van der Waals surface area contributed by atoms with Crippen molar-refractivity contribution in [1.29, 1.82) is 0 Å². The predicted octanol–water partition coefficient (Wildman–Crippen LogP) is 4.50. The zero-order valence-electron chi connectivity index (χ0n) is 13.9. The Morgan fingerprint density at radius 1 is 1.15 bits per heavy atom. The number of pyridine rings is 1. The molecule has 0 spiro atoms. The van der Waals surface area contributed by atoms with Crippen LogP contribution in [0, 0.1) is 0 Å². The second-order valence-corrected chi connectivity index (χ2v) is 7.91. The number of aromatic nitrogens is 1. The van der Waals surface area contributed by atoms with Crippen LogP contribution in [0.3, 0.4) is 0 Å². The minimum atomic E-state index is -3.79. The number of carbonyl (C=O) groups is 1. The van der Waals surface area contributed by atoms with Gasteiger partial charge in [0.1, 0.15) is 10.8 Å². The maximum Gasteiger partial charge on any atom is 0.376 e. The van der Waals surface area contributed by atoms with Gasteiger partial charge in [0.15, 0.2) is 6.61 Å². The van der Waals surface area contributed by atoms with E-state index in [4.69, 9.17) is 41.7 Å². The fourth-order valence-electron chi connectivity index (χ4n) is 1.97. The lowest BCUT2D eigenvalue weighted by atomic mass is 10.3. The fraction of sp³-hybridized carbons (Fsp3) is 0.250. The molecule has 0 aliphatic carbocycles. The molecule has 0 aliphatic rings. The van der Waals surface area contributed by atoms with Crippen LogP contribution in [0.5, 0.6) is 5.75 Å². The summed E-state index contributed by atoms with van der Waals surface area (Å²) in [5.74, 6) is -1.94. The second-order valence-electron chi connectivity index (χ2n) is 4.84. The van der Waals surface area contributed by atoms with Gasteiger partial charge in [-0.1, -0.05) is 35.3 Å². The molecular weight excluding hydrogens is 404 g/mol. The number of carbonyl (C=O) groups excluding carboxylic acids is 1. The molecule has 2 aromatic rings. The molecule has 2 rings (SSSR count). The van der Waals surface area contributed by atoms with Gasteiger partial charge in [0.25, 0.3) is 0 Å². The molecule has 0 saturated carbocycles. The summed E-state index contributed by atoms with van der Waals surface area (Å²) < 4.78 is 33.2. The summed E-state index contributed by atoms with van der Waals surface area (Å²) in [5, 5.41) is 0.454. The highest BCUT2D eigenvalue weighted by atomic mass is 35.5. The van der Waals surface area contributed by atoms with Crippen molar-refractivity contribution in [3.63, 3.8) is 0 Å². The first-order chi connectivity index (χ1) is 12.4. The van der Waals surface area contributed by atoms with E-state index in [1.807, 2.05) is 0 Å². The molecule has 1 atom stereocenters. The minimum absolute atomic E-state index is 0.169. The lowest BCUT2D eigenvalue weighted by Gasteiger charge is -2.23. The maximum atomic E-state index is 12.7. The molecule has 0 radical (unpaired) electrons. The molecule has 0 amide bonds. The third-order valence-corrected chi connectivity index (χ3v) is 6.01. The molecule has 0 bridgehead atoms.